The van der Waals surface area contributed by atoms with Crippen LogP contribution in [0.1, 0.15) is 37.8 Å². The molecule has 0 spiro atoms. The van der Waals surface area contributed by atoms with Crippen molar-refractivity contribution in [1.82, 2.24) is 5.32 Å². The summed E-state index contributed by atoms with van der Waals surface area (Å²) in [5.41, 5.74) is -0.609. The number of ether oxygens (including phenoxy) is 2. The van der Waals surface area contributed by atoms with E-state index < -0.39 is 23.7 Å². The highest BCUT2D eigenvalue weighted by molar-refractivity contribution is 7.99. The number of hydrogen-bond donors (Lipinski definition) is 1. The molecule has 1 aromatic rings. The molecule has 1 N–H and O–H groups in total. The molecule has 2 atom stereocenters. The van der Waals surface area contributed by atoms with Gasteiger partial charge in [-0.2, -0.15) is 11.8 Å². The van der Waals surface area contributed by atoms with Gasteiger partial charge in [-0.3, -0.25) is 0 Å². The maximum Gasteiger partial charge on any atom is 0.408 e. The molecule has 0 radical (unpaired) electrons. The minimum absolute atomic E-state index is 0.243. The standard InChI is InChI=1S/C15H23NO4S2/c1-10(12-7-6-8-21-12)22-9-11(13(17)19-5)16-14(18)20-15(2,3)4/h6-8,10-11H,9H2,1-5H3,(H,16,18)/t10?,11-/m0/s1. The molecule has 5 nitrogen and oxygen atoms in total. The van der Waals surface area contributed by atoms with E-state index in [1.807, 2.05) is 11.4 Å². The topological polar surface area (TPSA) is 64.6 Å². The van der Waals surface area contributed by atoms with E-state index in [4.69, 9.17) is 9.47 Å². The first-order chi connectivity index (χ1) is 10.2. The molecule has 1 heterocycles. The Morgan fingerprint density at radius 3 is 2.59 bits per heavy atom. The molecular weight excluding hydrogens is 322 g/mol. The number of carbonyl (C=O) groups is 2. The van der Waals surface area contributed by atoms with Crippen LogP contribution in [0, 0.1) is 0 Å². The fraction of sp³-hybridized carbons (Fsp3) is 0.600. The van der Waals surface area contributed by atoms with E-state index in [9.17, 15) is 9.59 Å². The number of thioether (sulfide) groups is 1. The molecule has 0 saturated carbocycles. The van der Waals surface area contributed by atoms with Gasteiger partial charge in [0.05, 0.1) is 7.11 Å². The fourth-order valence-corrected chi connectivity index (χ4v) is 3.58. The van der Waals surface area contributed by atoms with Crippen molar-refractivity contribution in [2.24, 2.45) is 0 Å². The van der Waals surface area contributed by atoms with Crippen LogP contribution in [0.5, 0.6) is 0 Å². The van der Waals surface area contributed by atoms with Crippen molar-refractivity contribution in [2.45, 2.75) is 44.6 Å². The third-order valence-corrected chi connectivity index (χ3v) is 5.12. The van der Waals surface area contributed by atoms with Crippen LogP contribution in [0.15, 0.2) is 17.5 Å². The molecule has 22 heavy (non-hydrogen) atoms. The molecule has 0 fully saturated rings. The van der Waals surface area contributed by atoms with E-state index in [-0.39, 0.29) is 5.25 Å². The number of nitrogens with one attached hydrogen (secondary N) is 1. The maximum atomic E-state index is 11.8. The summed E-state index contributed by atoms with van der Waals surface area (Å²) in [4.78, 5) is 24.9. The number of amides is 1. The van der Waals surface area contributed by atoms with Crippen molar-refractivity contribution >= 4 is 35.2 Å². The quantitative estimate of drug-likeness (QED) is 0.798. The maximum absolute atomic E-state index is 11.8. The van der Waals surface area contributed by atoms with E-state index in [1.165, 1.54) is 12.0 Å². The van der Waals surface area contributed by atoms with Gasteiger partial charge in [-0.1, -0.05) is 6.07 Å². The van der Waals surface area contributed by atoms with Crippen LogP contribution in [0.3, 0.4) is 0 Å². The Morgan fingerprint density at radius 2 is 2.09 bits per heavy atom. The SMILES string of the molecule is COC(=O)[C@H](CSC(C)c1cccs1)NC(=O)OC(C)(C)C. The van der Waals surface area contributed by atoms with Crippen LogP contribution < -0.4 is 5.32 Å². The van der Waals surface area contributed by atoms with Crippen LogP contribution >= 0.6 is 23.1 Å². The van der Waals surface area contributed by atoms with Gasteiger partial charge in [-0.05, 0) is 39.1 Å². The van der Waals surface area contributed by atoms with Gasteiger partial charge in [0.2, 0.25) is 0 Å². The van der Waals surface area contributed by atoms with Gasteiger partial charge in [-0.25, -0.2) is 9.59 Å². The summed E-state index contributed by atoms with van der Waals surface area (Å²) in [6.45, 7) is 7.38. The fourth-order valence-electron chi connectivity index (χ4n) is 1.61. The number of alkyl carbamates (subject to hydrolysis) is 1. The molecule has 0 aliphatic rings. The number of carbonyl (C=O) groups excluding carboxylic acids is 2. The Kier molecular flexibility index (Phi) is 7.22. The van der Waals surface area contributed by atoms with Gasteiger partial charge in [-0.15, -0.1) is 11.3 Å². The normalized spacial score (nSPS) is 14.0. The number of rotatable bonds is 6. The largest absolute Gasteiger partial charge is 0.467 e. The van der Waals surface area contributed by atoms with Crippen LogP contribution in [0.2, 0.25) is 0 Å². The lowest BCUT2D eigenvalue weighted by atomic mass is 10.2. The second kappa shape index (κ2) is 8.43. The van der Waals surface area contributed by atoms with Crippen LogP contribution in [-0.2, 0) is 14.3 Å². The monoisotopic (exact) mass is 345 g/mol. The van der Waals surface area contributed by atoms with Crippen molar-refractivity contribution in [3.05, 3.63) is 22.4 Å². The Hall–Kier alpha value is -1.21. The number of thiophene rings is 1. The molecular formula is C15H23NO4S2. The van der Waals surface area contributed by atoms with E-state index in [2.05, 4.69) is 18.3 Å². The van der Waals surface area contributed by atoms with Gasteiger partial charge >= 0.3 is 12.1 Å². The number of hydrogen-bond acceptors (Lipinski definition) is 6. The van der Waals surface area contributed by atoms with Crippen LogP contribution in [0.4, 0.5) is 4.79 Å². The minimum Gasteiger partial charge on any atom is -0.467 e. The summed E-state index contributed by atoms with van der Waals surface area (Å²) in [7, 11) is 1.31. The highest BCUT2D eigenvalue weighted by Crippen LogP contribution is 2.31. The van der Waals surface area contributed by atoms with Crippen molar-refractivity contribution in [3.8, 4) is 0 Å². The molecule has 0 bridgehead atoms. The molecule has 1 amide bonds. The van der Waals surface area contributed by atoms with Crippen LogP contribution in [-0.4, -0.2) is 36.6 Å². The first-order valence-electron chi connectivity index (χ1n) is 6.95. The lowest BCUT2D eigenvalue weighted by Gasteiger charge is -2.23. The van der Waals surface area contributed by atoms with Gasteiger partial charge in [0.15, 0.2) is 0 Å². The first kappa shape index (κ1) is 18.8. The summed E-state index contributed by atoms with van der Waals surface area (Å²) < 4.78 is 9.92. The second-order valence-corrected chi connectivity index (χ2v) is 8.07. The Morgan fingerprint density at radius 1 is 1.41 bits per heavy atom. The molecule has 1 rings (SSSR count). The van der Waals surface area contributed by atoms with E-state index >= 15 is 0 Å². The Balaban J connectivity index is 2.57. The van der Waals surface area contributed by atoms with Gasteiger partial charge in [0, 0.05) is 15.9 Å². The summed E-state index contributed by atoms with van der Waals surface area (Å²) in [5, 5.41) is 4.83. The minimum atomic E-state index is -0.729. The van der Waals surface area contributed by atoms with E-state index in [0.717, 1.165) is 0 Å². The Bertz CT molecular complexity index is 482. The number of methoxy groups -OCH3 is 1. The number of esters is 1. The molecule has 7 heteroatoms. The van der Waals surface area contributed by atoms with Gasteiger partial charge in [0.1, 0.15) is 11.6 Å². The highest BCUT2D eigenvalue weighted by Gasteiger charge is 2.25. The van der Waals surface area contributed by atoms with Crippen molar-refractivity contribution in [1.29, 1.82) is 0 Å². The zero-order valence-electron chi connectivity index (χ0n) is 13.5. The lowest BCUT2D eigenvalue weighted by molar-refractivity contribution is -0.142. The molecule has 0 aliphatic carbocycles. The van der Waals surface area contributed by atoms with Gasteiger partial charge < -0.3 is 14.8 Å². The van der Waals surface area contributed by atoms with Crippen LogP contribution in [0.25, 0.3) is 0 Å². The van der Waals surface area contributed by atoms with Crippen molar-refractivity contribution < 1.29 is 19.1 Å². The third-order valence-electron chi connectivity index (χ3n) is 2.63. The molecule has 0 aliphatic heterocycles. The summed E-state index contributed by atoms with van der Waals surface area (Å²) in [6, 6.07) is 3.32. The zero-order valence-corrected chi connectivity index (χ0v) is 15.2. The molecule has 124 valence electrons. The Labute approximate surface area is 139 Å². The predicted molar refractivity (Wildman–Crippen MR) is 90.4 cm³/mol. The summed E-state index contributed by atoms with van der Waals surface area (Å²) in [6.07, 6.45) is -0.618. The molecule has 0 saturated heterocycles. The molecule has 0 aromatic carbocycles. The van der Waals surface area contributed by atoms with Gasteiger partial charge in [0.25, 0.3) is 0 Å². The zero-order chi connectivity index (χ0) is 16.8. The average Bonchev–Trinajstić information content (AvgIpc) is 2.94. The van der Waals surface area contributed by atoms with Crippen molar-refractivity contribution in [2.75, 3.05) is 12.9 Å². The summed E-state index contributed by atoms with van der Waals surface area (Å²) >= 11 is 3.25. The third kappa shape index (κ3) is 6.70. The van der Waals surface area contributed by atoms with Crippen molar-refractivity contribution in [3.63, 3.8) is 0 Å². The lowest BCUT2D eigenvalue weighted by Crippen LogP contribution is -2.45. The van der Waals surface area contributed by atoms with E-state index in [0.29, 0.717) is 5.75 Å². The molecule has 1 unspecified atom stereocenters. The first-order valence-corrected chi connectivity index (χ1v) is 8.88. The molecule has 1 aromatic heterocycles. The van der Waals surface area contributed by atoms with E-state index in [1.54, 1.807) is 43.9 Å². The predicted octanol–water partition coefficient (Wildman–Crippen LogP) is 3.61. The smallest absolute Gasteiger partial charge is 0.408 e. The summed E-state index contributed by atoms with van der Waals surface area (Å²) in [5.74, 6) is -0.0536. The highest BCUT2D eigenvalue weighted by atomic mass is 32.2. The average molecular weight is 345 g/mol. The second-order valence-electron chi connectivity index (χ2n) is 5.71.